The van der Waals surface area contributed by atoms with Crippen molar-refractivity contribution in [3.8, 4) is 0 Å². The first-order valence-corrected chi connectivity index (χ1v) is 5.47. The van der Waals surface area contributed by atoms with E-state index >= 15 is 0 Å². The molecule has 0 saturated heterocycles. The number of nitrogens with one attached hydrogen (secondary N) is 1. The minimum Gasteiger partial charge on any atom is -0.309 e. The van der Waals surface area contributed by atoms with Gasteiger partial charge in [0.15, 0.2) is 0 Å². The zero-order valence-electron chi connectivity index (χ0n) is 9.91. The average Bonchev–Trinajstić information content (AvgIpc) is 2.26. The van der Waals surface area contributed by atoms with E-state index in [0.717, 1.165) is 13.0 Å². The highest BCUT2D eigenvalue weighted by molar-refractivity contribution is 5.18. The lowest BCUT2D eigenvalue weighted by Crippen LogP contribution is -2.39. The second-order valence-electron chi connectivity index (χ2n) is 4.25. The van der Waals surface area contributed by atoms with Crippen molar-refractivity contribution in [3.05, 3.63) is 35.6 Å². The normalized spacial score (nSPS) is 13.1. The van der Waals surface area contributed by atoms with Crippen molar-refractivity contribution >= 4 is 0 Å². The lowest BCUT2D eigenvalue weighted by atomic mass is 10.0. The van der Waals surface area contributed by atoms with Gasteiger partial charge in [0, 0.05) is 6.04 Å². The number of hydrazine groups is 1. The van der Waals surface area contributed by atoms with Crippen molar-refractivity contribution < 1.29 is 4.39 Å². The van der Waals surface area contributed by atoms with Crippen LogP contribution in [0.5, 0.6) is 0 Å². The van der Waals surface area contributed by atoms with Crippen LogP contribution in [-0.4, -0.2) is 31.6 Å². The van der Waals surface area contributed by atoms with Crippen molar-refractivity contribution in [2.75, 3.05) is 20.6 Å². The molecule has 1 unspecified atom stereocenters. The Balaban J connectivity index is 2.53. The molecule has 4 heteroatoms. The van der Waals surface area contributed by atoms with Gasteiger partial charge in [0.05, 0.1) is 0 Å². The Labute approximate surface area is 96.4 Å². The largest absolute Gasteiger partial charge is 0.309 e. The molecule has 0 spiro atoms. The van der Waals surface area contributed by atoms with Crippen LogP contribution in [-0.2, 0) is 6.42 Å². The number of rotatable bonds is 6. The van der Waals surface area contributed by atoms with E-state index in [9.17, 15) is 4.39 Å². The Morgan fingerprint density at radius 1 is 1.38 bits per heavy atom. The molecule has 0 fully saturated rings. The number of nitrogens with zero attached hydrogens (tertiary/aromatic N) is 1. The maximum Gasteiger partial charge on any atom is 0.126 e. The number of halogens is 1. The van der Waals surface area contributed by atoms with Crippen molar-refractivity contribution in [2.24, 2.45) is 5.84 Å². The fourth-order valence-electron chi connectivity index (χ4n) is 1.59. The summed E-state index contributed by atoms with van der Waals surface area (Å²) in [6.45, 7) is 0.934. The summed E-state index contributed by atoms with van der Waals surface area (Å²) in [6, 6.07) is 6.94. The molecule has 3 N–H and O–H groups in total. The van der Waals surface area contributed by atoms with Crippen LogP contribution in [0.3, 0.4) is 0 Å². The van der Waals surface area contributed by atoms with Crippen molar-refractivity contribution in [1.82, 2.24) is 10.3 Å². The summed E-state index contributed by atoms with van der Waals surface area (Å²) in [4.78, 5) is 2.09. The van der Waals surface area contributed by atoms with Gasteiger partial charge in [-0.3, -0.25) is 11.3 Å². The topological polar surface area (TPSA) is 41.3 Å². The molecule has 0 amide bonds. The lowest BCUT2D eigenvalue weighted by molar-refractivity contribution is 0.357. The molecule has 16 heavy (non-hydrogen) atoms. The quantitative estimate of drug-likeness (QED) is 0.564. The summed E-state index contributed by atoms with van der Waals surface area (Å²) in [5.74, 6) is 5.31. The molecule has 90 valence electrons. The third-order valence-corrected chi connectivity index (χ3v) is 2.58. The first kappa shape index (κ1) is 13.1. The van der Waals surface area contributed by atoms with Crippen molar-refractivity contribution in [1.29, 1.82) is 0 Å². The van der Waals surface area contributed by atoms with E-state index in [1.165, 1.54) is 6.07 Å². The summed E-state index contributed by atoms with van der Waals surface area (Å²) >= 11 is 0. The molecule has 0 bridgehead atoms. The van der Waals surface area contributed by atoms with Gasteiger partial charge in [-0.15, -0.1) is 0 Å². The maximum atomic E-state index is 13.4. The van der Waals surface area contributed by atoms with Crippen LogP contribution in [0.25, 0.3) is 0 Å². The number of benzene rings is 1. The van der Waals surface area contributed by atoms with Crippen LogP contribution in [0, 0.1) is 5.82 Å². The van der Waals surface area contributed by atoms with Crippen LogP contribution in [0.2, 0.25) is 0 Å². The molecule has 0 aliphatic rings. The third kappa shape index (κ3) is 4.26. The monoisotopic (exact) mass is 225 g/mol. The zero-order chi connectivity index (χ0) is 12.0. The van der Waals surface area contributed by atoms with E-state index in [1.54, 1.807) is 12.1 Å². The smallest absolute Gasteiger partial charge is 0.126 e. The molecule has 0 aromatic heterocycles. The Hall–Kier alpha value is -0.970. The van der Waals surface area contributed by atoms with E-state index in [4.69, 9.17) is 5.84 Å². The predicted molar refractivity (Wildman–Crippen MR) is 64.4 cm³/mol. The summed E-state index contributed by atoms with van der Waals surface area (Å²) in [5, 5.41) is 0. The molecule has 1 aromatic rings. The second kappa shape index (κ2) is 6.58. The molecule has 0 heterocycles. The molecule has 0 saturated carbocycles. The van der Waals surface area contributed by atoms with Crippen LogP contribution in [0.4, 0.5) is 4.39 Å². The minimum absolute atomic E-state index is 0.110. The van der Waals surface area contributed by atoms with Crippen LogP contribution in [0.1, 0.15) is 12.0 Å². The summed E-state index contributed by atoms with van der Waals surface area (Å²) in [6.07, 6.45) is 1.52. The summed E-state index contributed by atoms with van der Waals surface area (Å²) < 4.78 is 13.4. The first-order chi connectivity index (χ1) is 7.63. The predicted octanol–water partition coefficient (Wildman–Crippen LogP) is 1.15. The van der Waals surface area contributed by atoms with Crippen molar-refractivity contribution in [2.45, 2.75) is 18.9 Å². The number of hydrogen-bond donors (Lipinski definition) is 2. The Morgan fingerprint density at radius 2 is 2.06 bits per heavy atom. The van der Waals surface area contributed by atoms with Gasteiger partial charge in [-0.05, 0) is 45.1 Å². The third-order valence-electron chi connectivity index (χ3n) is 2.58. The van der Waals surface area contributed by atoms with Gasteiger partial charge >= 0.3 is 0 Å². The average molecular weight is 225 g/mol. The standard InChI is InChI=1S/C12H20FN3/c1-16(2)8-7-11(15-14)9-10-5-3-4-6-12(10)13/h3-6,11,15H,7-9,14H2,1-2H3. The van der Waals surface area contributed by atoms with Gasteiger partial charge in [0.1, 0.15) is 5.82 Å². The van der Waals surface area contributed by atoms with Gasteiger partial charge in [-0.2, -0.15) is 0 Å². The van der Waals surface area contributed by atoms with Crippen molar-refractivity contribution in [3.63, 3.8) is 0 Å². The van der Waals surface area contributed by atoms with Gasteiger partial charge in [0.2, 0.25) is 0 Å². The highest BCUT2D eigenvalue weighted by Crippen LogP contribution is 2.10. The first-order valence-electron chi connectivity index (χ1n) is 5.47. The second-order valence-corrected chi connectivity index (χ2v) is 4.25. The lowest BCUT2D eigenvalue weighted by Gasteiger charge is -2.18. The fraction of sp³-hybridized carbons (Fsp3) is 0.500. The molecular weight excluding hydrogens is 205 g/mol. The highest BCUT2D eigenvalue weighted by atomic mass is 19.1. The number of nitrogens with two attached hydrogens (primary N) is 1. The molecule has 3 nitrogen and oxygen atoms in total. The van der Waals surface area contributed by atoms with Gasteiger partial charge < -0.3 is 4.90 Å². The van der Waals surface area contributed by atoms with Gasteiger partial charge in [0.25, 0.3) is 0 Å². The van der Waals surface area contributed by atoms with Crippen LogP contribution < -0.4 is 11.3 Å². The van der Waals surface area contributed by atoms with E-state index in [2.05, 4.69) is 10.3 Å². The molecule has 1 aromatic carbocycles. The fourth-order valence-corrected chi connectivity index (χ4v) is 1.59. The number of hydrogen-bond acceptors (Lipinski definition) is 3. The summed E-state index contributed by atoms with van der Waals surface area (Å²) in [5.41, 5.74) is 3.45. The Bertz CT molecular complexity index is 315. The van der Waals surface area contributed by atoms with Crippen LogP contribution in [0.15, 0.2) is 24.3 Å². The maximum absolute atomic E-state index is 13.4. The molecule has 0 radical (unpaired) electrons. The zero-order valence-corrected chi connectivity index (χ0v) is 9.91. The van der Waals surface area contributed by atoms with Gasteiger partial charge in [-0.25, -0.2) is 4.39 Å². The molecule has 0 aliphatic heterocycles. The summed E-state index contributed by atoms with van der Waals surface area (Å²) in [7, 11) is 4.02. The highest BCUT2D eigenvalue weighted by Gasteiger charge is 2.10. The molecule has 1 rings (SSSR count). The van der Waals surface area contributed by atoms with Crippen LogP contribution >= 0.6 is 0 Å². The van der Waals surface area contributed by atoms with E-state index in [-0.39, 0.29) is 11.9 Å². The Kier molecular flexibility index (Phi) is 5.38. The Morgan fingerprint density at radius 3 is 2.62 bits per heavy atom. The molecular formula is C12H20FN3. The SMILES string of the molecule is CN(C)CCC(Cc1ccccc1F)NN. The molecule has 0 aliphatic carbocycles. The van der Waals surface area contributed by atoms with Gasteiger partial charge in [-0.1, -0.05) is 18.2 Å². The van der Waals surface area contributed by atoms with E-state index in [1.807, 2.05) is 20.2 Å². The van der Waals surface area contributed by atoms with E-state index < -0.39 is 0 Å². The minimum atomic E-state index is -0.160. The molecule has 1 atom stereocenters. The van der Waals surface area contributed by atoms with E-state index in [0.29, 0.717) is 12.0 Å².